The van der Waals surface area contributed by atoms with Crippen LogP contribution in [0.3, 0.4) is 0 Å². The van der Waals surface area contributed by atoms with E-state index in [-0.39, 0.29) is 6.04 Å². The van der Waals surface area contributed by atoms with Crippen LogP contribution in [0.5, 0.6) is 0 Å². The lowest BCUT2D eigenvalue weighted by atomic mass is 10.1. The molecule has 2 unspecified atom stereocenters. The molecule has 0 spiro atoms. The van der Waals surface area contributed by atoms with Gasteiger partial charge in [-0.15, -0.1) is 0 Å². The average Bonchev–Trinajstić information content (AvgIpc) is 2.17. The SMILES string of the molecule is CC(C)CSC(c1cccc(Cl)c1)C(C)N. The molecule has 2 atom stereocenters. The van der Waals surface area contributed by atoms with E-state index in [1.54, 1.807) is 0 Å². The molecule has 2 N–H and O–H groups in total. The first-order valence-electron chi connectivity index (χ1n) is 5.63. The third kappa shape index (κ3) is 4.36. The lowest BCUT2D eigenvalue weighted by molar-refractivity contribution is 0.706. The minimum absolute atomic E-state index is 0.141. The summed E-state index contributed by atoms with van der Waals surface area (Å²) < 4.78 is 0. The largest absolute Gasteiger partial charge is 0.327 e. The molecule has 16 heavy (non-hydrogen) atoms. The van der Waals surface area contributed by atoms with Crippen molar-refractivity contribution in [2.45, 2.75) is 32.1 Å². The number of hydrogen-bond acceptors (Lipinski definition) is 2. The fourth-order valence-electron chi connectivity index (χ4n) is 1.53. The molecular weight excluding hydrogens is 238 g/mol. The van der Waals surface area contributed by atoms with E-state index < -0.39 is 0 Å². The molecule has 0 saturated carbocycles. The molecule has 0 aliphatic carbocycles. The highest BCUT2D eigenvalue weighted by Crippen LogP contribution is 2.33. The van der Waals surface area contributed by atoms with Crippen LogP contribution in [-0.4, -0.2) is 11.8 Å². The van der Waals surface area contributed by atoms with Gasteiger partial charge in [0.05, 0.1) is 0 Å². The Morgan fingerprint density at radius 1 is 1.31 bits per heavy atom. The van der Waals surface area contributed by atoms with Gasteiger partial charge in [-0.1, -0.05) is 37.6 Å². The first kappa shape index (κ1) is 13.9. The van der Waals surface area contributed by atoms with Gasteiger partial charge in [-0.2, -0.15) is 11.8 Å². The van der Waals surface area contributed by atoms with E-state index in [0.717, 1.165) is 10.8 Å². The van der Waals surface area contributed by atoms with Crippen LogP contribution in [0.4, 0.5) is 0 Å². The molecule has 0 aromatic heterocycles. The number of rotatable bonds is 5. The summed E-state index contributed by atoms with van der Waals surface area (Å²) in [6, 6.07) is 8.15. The zero-order chi connectivity index (χ0) is 12.1. The Labute approximate surface area is 108 Å². The summed E-state index contributed by atoms with van der Waals surface area (Å²) in [5.74, 6) is 1.81. The van der Waals surface area contributed by atoms with Gasteiger partial charge in [-0.3, -0.25) is 0 Å². The van der Waals surface area contributed by atoms with Gasteiger partial charge >= 0.3 is 0 Å². The average molecular weight is 258 g/mol. The molecular formula is C13H20ClNS. The highest BCUT2D eigenvalue weighted by Gasteiger charge is 2.17. The fraction of sp³-hybridized carbons (Fsp3) is 0.538. The molecule has 0 heterocycles. The zero-order valence-electron chi connectivity index (χ0n) is 10.1. The summed E-state index contributed by atoms with van der Waals surface area (Å²) in [7, 11) is 0. The number of halogens is 1. The van der Waals surface area contributed by atoms with Crippen molar-refractivity contribution in [3.8, 4) is 0 Å². The topological polar surface area (TPSA) is 26.0 Å². The quantitative estimate of drug-likeness (QED) is 0.859. The Bertz CT molecular complexity index is 325. The van der Waals surface area contributed by atoms with Crippen molar-refractivity contribution in [3.05, 3.63) is 34.9 Å². The summed E-state index contributed by atoms with van der Waals surface area (Å²) in [5.41, 5.74) is 7.27. The summed E-state index contributed by atoms with van der Waals surface area (Å²) >= 11 is 7.92. The normalized spacial score (nSPS) is 15.1. The van der Waals surface area contributed by atoms with Crippen LogP contribution in [0.25, 0.3) is 0 Å². The Balaban J connectivity index is 2.77. The molecule has 0 amide bonds. The number of nitrogens with two attached hydrogens (primary N) is 1. The second kappa shape index (κ2) is 6.53. The zero-order valence-corrected chi connectivity index (χ0v) is 11.7. The minimum atomic E-state index is 0.141. The lowest BCUT2D eigenvalue weighted by Crippen LogP contribution is -2.23. The second-order valence-electron chi connectivity index (χ2n) is 4.56. The Hall–Kier alpha value is -0.180. The molecule has 3 heteroatoms. The smallest absolute Gasteiger partial charge is 0.0446 e. The Morgan fingerprint density at radius 2 is 2.00 bits per heavy atom. The standard InChI is InChI=1S/C13H20ClNS/c1-9(2)8-16-13(10(3)15)11-5-4-6-12(14)7-11/h4-7,9-10,13H,8,15H2,1-3H3. The van der Waals surface area contributed by atoms with Gasteiger partial charge in [-0.05, 0) is 36.3 Å². The van der Waals surface area contributed by atoms with Gasteiger partial charge in [0.2, 0.25) is 0 Å². The minimum Gasteiger partial charge on any atom is -0.327 e. The summed E-state index contributed by atoms with van der Waals surface area (Å²) in [6.07, 6.45) is 0. The third-order valence-corrected chi connectivity index (χ3v) is 4.42. The van der Waals surface area contributed by atoms with Gasteiger partial charge in [-0.25, -0.2) is 0 Å². The second-order valence-corrected chi connectivity index (χ2v) is 6.17. The number of thioether (sulfide) groups is 1. The highest BCUT2D eigenvalue weighted by atomic mass is 35.5. The molecule has 0 aliphatic heterocycles. The van der Waals surface area contributed by atoms with Gasteiger partial charge in [0.25, 0.3) is 0 Å². The fourth-order valence-corrected chi connectivity index (χ4v) is 2.96. The molecule has 1 aromatic carbocycles. The van der Waals surface area contributed by atoms with Crippen molar-refractivity contribution in [2.24, 2.45) is 11.7 Å². The summed E-state index contributed by atoms with van der Waals surface area (Å²) in [4.78, 5) is 0. The van der Waals surface area contributed by atoms with Crippen LogP contribution < -0.4 is 5.73 Å². The summed E-state index contributed by atoms with van der Waals surface area (Å²) in [6.45, 7) is 6.51. The van der Waals surface area contributed by atoms with Crippen LogP contribution in [0.15, 0.2) is 24.3 Å². The molecule has 0 saturated heterocycles. The van der Waals surface area contributed by atoms with E-state index >= 15 is 0 Å². The van der Waals surface area contributed by atoms with E-state index in [0.29, 0.717) is 11.2 Å². The van der Waals surface area contributed by atoms with E-state index in [4.69, 9.17) is 17.3 Å². The molecule has 90 valence electrons. The van der Waals surface area contributed by atoms with Crippen LogP contribution in [0.2, 0.25) is 5.02 Å². The van der Waals surface area contributed by atoms with Crippen LogP contribution in [0, 0.1) is 5.92 Å². The monoisotopic (exact) mass is 257 g/mol. The summed E-state index contributed by atoms with van der Waals surface area (Å²) in [5, 5.41) is 1.12. The van der Waals surface area contributed by atoms with Gasteiger partial charge in [0, 0.05) is 16.3 Å². The molecule has 1 rings (SSSR count). The maximum absolute atomic E-state index is 6.04. The van der Waals surface area contributed by atoms with E-state index in [2.05, 4.69) is 26.8 Å². The van der Waals surface area contributed by atoms with Crippen LogP contribution in [0.1, 0.15) is 31.6 Å². The predicted molar refractivity (Wildman–Crippen MR) is 75.1 cm³/mol. The van der Waals surface area contributed by atoms with E-state index in [9.17, 15) is 0 Å². The van der Waals surface area contributed by atoms with E-state index in [1.807, 2.05) is 30.0 Å². The maximum Gasteiger partial charge on any atom is 0.0446 e. The van der Waals surface area contributed by atoms with Crippen LogP contribution in [-0.2, 0) is 0 Å². The highest BCUT2D eigenvalue weighted by molar-refractivity contribution is 7.99. The first-order chi connectivity index (χ1) is 7.50. The third-order valence-electron chi connectivity index (χ3n) is 2.26. The van der Waals surface area contributed by atoms with E-state index in [1.165, 1.54) is 5.56 Å². The van der Waals surface area contributed by atoms with Crippen molar-refractivity contribution >= 4 is 23.4 Å². The molecule has 0 aliphatic rings. The Kier molecular flexibility index (Phi) is 5.67. The molecule has 0 bridgehead atoms. The maximum atomic E-state index is 6.04. The van der Waals surface area contributed by atoms with Gasteiger partial charge < -0.3 is 5.73 Å². The Morgan fingerprint density at radius 3 is 2.50 bits per heavy atom. The van der Waals surface area contributed by atoms with Crippen LogP contribution >= 0.6 is 23.4 Å². The number of hydrogen-bond donors (Lipinski definition) is 1. The molecule has 1 nitrogen and oxygen atoms in total. The lowest BCUT2D eigenvalue weighted by Gasteiger charge is -2.22. The van der Waals surface area contributed by atoms with Crippen molar-refractivity contribution < 1.29 is 0 Å². The predicted octanol–water partition coefficient (Wildman–Crippen LogP) is 4.12. The van der Waals surface area contributed by atoms with Crippen molar-refractivity contribution in [1.29, 1.82) is 0 Å². The van der Waals surface area contributed by atoms with Crippen molar-refractivity contribution in [3.63, 3.8) is 0 Å². The first-order valence-corrected chi connectivity index (χ1v) is 7.06. The molecule has 0 fully saturated rings. The van der Waals surface area contributed by atoms with Gasteiger partial charge in [0.1, 0.15) is 0 Å². The molecule has 0 radical (unpaired) electrons. The van der Waals surface area contributed by atoms with Crippen molar-refractivity contribution in [1.82, 2.24) is 0 Å². The molecule has 1 aromatic rings. The van der Waals surface area contributed by atoms with Crippen molar-refractivity contribution in [2.75, 3.05) is 5.75 Å². The van der Waals surface area contributed by atoms with Gasteiger partial charge in [0.15, 0.2) is 0 Å². The number of benzene rings is 1.